The van der Waals surface area contributed by atoms with Crippen LogP contribution in [0.25, 0.3) is 0 Å². The molecule has 2 amide bonds. The summed E-state index contributed by atoms with van der Waals surface area (Å²) in [6, 6.07) is 0. The minimum absolute atomic E-state index is 0.0338. The minimum atomic E-state index is -0.772. The molecule has 0 aromatic heterocycles. The van der Waals surface area contributed by atoms with E-state index in [1.807, 2.05) is 4.90 Å². The Bertz CT molecular complexity index is 420. The van der Waals surface area contributed by atoms with Gasteiger partial charge in [0.1, 0.15) is 0 Å². The molecule has 2 N–H and O–H groups in total. The highest BCUT2D eigenvalue weighted by molar-refractivity contribution is 5.83. The summed E-state index contributed by atoms with van der Waals surface area (Å²) in [7, 11) is 0. The highest BCUT2D eigenvalue weighted by Crippen LogP contribution is 2.32. The number of carboxylic acid groups (broad SMARTS) is 1. The van der Waals surface area contributed by atoms with E-state index in [1.165, 1.54) is 0 Å². The van der Waals surface area contributed by atoms with Crippen LogP contribution < -0.4 is 5.32 Å². The zero-order valence-electron chi connectivity index (χ0n) is 13.1. The molecule has 1 saturated heterocycles. The van der Waals surface area contributed by atoms with Gasteiger partial charge in [-0.05, 0) is 38.5 Å². The summed E-state index contributed by atoms with van der Waals surface area (Å²) >= 11 is 0. The molecule has 0 aromatic rings. The molecule has 2 aliphatic rings. The lowest BCUT2D eigenvalue weighted by atomic mass is 9.96. The average molecular weight is 310 g/mol. The van der Waals surface area contributed by atoms with Crippen molar-refractivity contribution in [3.63, 3.8) is 0 Å². The van der Waals surface area contributed by atoms with Crippen LogP contribution in [0.1, 0.15) is 51.4 Å². The number of hydrogen-bond acceptors (Lipinski definition) is 3. The van der Waals surface area contributed by atoms with E-state index in [0.717, 1.165) is 45.1 Å². The van der Waals surface area contributed by atoms with Gasteiger partial charge in [-0.2, -0.15) is 0 Å². The maximum Gasteiger partial charge on any atom is 0.303 e. The number of unbranched alkanes of at least 4 members (excludes halogenated alkanes) is 2. The predicted molar refractivity (Wildman–Crippen MR) is 81.1 cm³/mol. The van der Waals surface area contributed by atoms with Gasteiger partial charge in [0.15, 0.2) is 0 Å². The molecule has 1 atom stereocenters. The van der Waals surface area contributed by atoms with Crippen molar-refractivity contribution in [3.05, 3.63) is 0 Å². The number of likely N-dealkylation sites (tertiary alicyclic amines) is 1. The fraction of sp³-hybridized carbons (Fsp3) is 0.812. The lowest BCUT2D eigenvalue weighted by Crippen LogP contribution is -2.46. The van der Waals surface area contributed by atoms with E-state index in [2.05, 4.69) is 5.32 Å². The number of nitrogens with one attached hydrogen (secondary N) is 1. The number of piperidine rings is 1. The summed E-state index contributed by atoms with van der Waals surface area (Å²) in [6.07, 6.45) is 6.20. The third-order valence-electron chi connectivity index (χ3n) is 4.40. The highest BCUT2D eigenvalue weighted by Gasteiger charge is 2.36. The number of amides is 2. The van der Waals surface area contributed by atoms with Crippen LogP contribution in [0.15, 0.2) is 0 Å². The van der Waals surface area contributed by atoms with Gasteiger partial charge in [-0.25, -0.2) is 0 Å². The van der Waals surface area contributed by atoms with Gasteiger partial charge < -0.3 is 15.3 Å². The molecule has 6 nitrogen and oxygen atoms in total. The van der Waals surface area contributed by atoms with Crippen molar-refractivity contribution in [2.75, 3.05) is 19.6 Å². The van der Waals surface area contributed by atoms with Crippen molar-refractivity contribution < 1.29 is 19.5 Å². The quantitative estimate of drug-likeness (QED) is 0.663. The Kier molecular flexibility index (Phi) is 6.21. The van der Waals surface area contributed by atoms with E-state index in [4.69, 9.17) is 5.11 Å². The molecule has 0 bridgehead atoms. The number of carbonyl (C=O) groups excluding carboxylic acids is 2. The van der Waals surface area contributed by atoms with Crippen LogP contribution in [0.2, 0.25) is 0 Å². The van der Waals surface area contributed by atoms with Gasteiger partial charge in [0.05, 0.1) is 5.92 Å². The Hall–Kier alpha value is -1.59. The summed E-state index contributed by atoms with van der Waals surface area (Å²) in [5.74, 6) is -0.379. The number of rotatable bonds is 8. The average Bonchev–Trinajstić information content (AvgIpc) is 3.34. The monoisotopic (exact) mass is 310 g/mol. The van der Waals surface area contributed by atoms with E-state index < -0.39 is 5.97 Å². The number of hydrogen-bond donors (Lipinski definition) is 2. The molecule has 0 spiro atoms. The number of carboxylic acids is 1. The van der Waals surface area contributed by atoms with Crippen LogP contribution in [0.3, 0.4) is 0 Å². The van der Waals surface area contributed by atoms with Crippen LogP contribution >= 0.6 is 0 Å². The van der Waals surface area contributed by atoms with Gasteiger partial charge in [-0.3, -0.25) is 14.4 Å². The Labute approximate surface area is 131 Å². The molecule has 0 aromatic carbocycles. The molecular formula is C16H26N2O4. The van der Waals surface area contributed by atoms with E-state index in [1.54, 1.807) is 0 Å². The van der Waals surface area contributed by atoms with Crippen LogP contribution in [-0.4, -0.2) is 47.4 Å². The lowest BCUT2D eigenvalue weighted by Gasteiger charge is -2.32. The molecule has 2 rings (SSSR count). The molecule has 1 heterocycles. The van der Waals surface area contributed by atoms with Crippen LogP contribution in [-0.2, 0) is 14.4 Å². The van der Waals surface area contributed by atoms with E-state index in [-0.39, 0.29) is 30.1 Å². The number of carbonyl (C=O) groups is 3. The molecule has 1 unspecified atom stereocenters. The molecule has 22 heavy (non-hydrogen) atoms. The first-order valence-corrected chi connectivity index (χ1v) is 8.36. The van der Waals surface area contributed by atoms with Gasteiger partial charge in [0.25, 0.3) is 0 Å². The zero-order valence-corrected chi connectivity index (χ0v) is 13.1. The van der Waals surface area contributed by atoms with E-state index in [0.29, 0.717) is 19.5 Å². The van der Waals surface area contributed by atoms with E-state index in [9.17, 15) is 14.4 Å². The molecule has 1 saturated carbocycles. The topological polar surface area (TPSA) is 86.7 Å². The van der Waals surface area contributed by atoms with Gasteiger partial charge >= 0.3 is 5.97 Å². The van der Waals surface area contributed by atoms with Crippen molar-refractivity contribution in [1.82, 2.24) is 10.2 Å². The van der Waals surface area contributed by atoms with Crippen LogP contribution in [0.4, 0.5) is 0 Å². The summed E-state index contributed by atoms with van der Waals surface area (Å²) in [5.41, 5.74) is 0. The Morgan fingerprint density at radius 1 is 1.05 bits per heavy atom. The molecule has 6 heteroatoms. The standard InChI is InChI=1S/C16H26N2O4/c19-14(20)6-2-1-3-9-17-15(21)13-5-4-10-18(11-13)16(22)12-7-8-12/h12-13H,1-11H2,(H,17,21)(H,19,20). The molecular weight excluding hydrogens is 284 g/mol. The maximum atomic E-state index is 12.1. The summed E-state index contributed by atoms with van der Waals surface area (Å²) in [5, 5.41) is 11.5. The van der Waals surface area contributed by atoms with Crippen molar-refractivity contribution >= 4 is 17.8 Å². The molecule has 0 radical (unpaired) electrons. The first-order valence-electron chi connectivity index (χ1n) is 8.36. The Morgan fingerprint density at radius 3 is 2.50 bits per heavy atom. The first kappa shape index (κ1) is 16.8. The molecule has 1 aliphatic heterocycles. The molecule has 1 aliphatic carbocycles. The summed E-state index contributed by atoms with van der Waals surface area (Å²) < 4.78 is 0. The highest BCUT2D eigenvalue weighted by atomic mass is 16.4. The second-order valence-corrected chi connectivity index (χ2v) is 6.39. The zero-order chi connectivity index (χ0) is 15.9. The van der Waals surface area contributed by atoms with Gasteiger partial charge in [0.2, 0.25) is 11.8 Å². The Balaban J connectivity index is 1.62. The van der Waals surface area contributed by atoms with E-state index >= 15 is 0 Å². The van der Waals surface area contributed by atoms with Crippen molar-refractivity contribution in [1.29, 1.82) is 0 Å². The van der Waals surface area contributed by atoms with Gasteiger partial charge in [0, 0.05) is 32.0 Å². The first-order chi connectivity index (χ1) is 10.6. The Morgan fingerprint density at radius 2 is 1.82 bits per heavy atom. The largest absolute Gasteiger partial charge is 0.481 e. The van der Waals surface area contributed by atoms with Gasteiger partial charge in [-0.1, -0.05) is 6.42 Å². The number of aliphatic carboxylic acids is 1. The van der Waals surface area contributed by atoms with Crippen LogP contribution in [0, 0.1) is 11.8 Å². The summed E-state index contributed by atoms with van der Waals surface area (Å²) in [4.78, 5) is 36.5. The summed E-state index contributed by atoms with van der Waals surface area (Å²) in [6.45, 7) is 1.93. The SMILES string of the molecule is O=C(O)CCCCCNC(=O)C1CCCN(C(=O)C2CC2)C1. The minimum Gasteiger partial charge on any atom is -0.481 e. The fourth-order valence-corrected chi connectivity index (χ4v) is 2.91. The van der Waals surface area contributed by atoms with Crippen molar-refractivity contribution in [3.8, 4) is 0 Å². The smallest absolute Gasteiger partial charge is 0.303 e. The number of nitrogens with zero attached hydrogens (tertiary/aromatic N) is 1. The predicted octanol–water partition coefficient (Wildman–Crippen LogP) is 1.40. The van der Waals surface area contributed by atoms with Crippen LogP contribution in [0.5, 0.6) is 0 Å². The second-order valence-electron chi connectivity index (χ2n) is 6.39. The molecule has 124 valence electrons. The third kappa shape index (κ3) is 5.31. The third-order valence-corrected chi connectivity index (χ3v) is 4.40. The normalized spacial score (nSPS) is 21.5. The fourth-order valence-electron chi connectivity index (χ4n) is 2.91. The van der Waals surface area contributed by atoms with Crippen molar-refractivity contribution in [2.24, 2.45) is 11.8 Å². The molecule has 2 fully saturated rings. The maximum absolute atomic E-state index is 12.1. The lowest BCUT2D eigenvalue weighted by molar-refractivity contribution is -0.138. The van der Waals surface area contributed by atoms with Crippen molar-refractivity contribution in [2.45, 2.75) is 51.4 Å². The second kappa shape index (κ2) is 8.15. The van der Waals surface area contributed by atoms with Gasteiger partial charge in [-0.15, -0.1) is 0 Å².